The van der Waals surface area contributed by atoms with E-state index >= 15 is 0 Å². The van der Waals surface area contributed by atoms with Crippen LogP contribution in [0.4, 0.5) is 4.79 Å². The summed E-state index contributed by atoms with van der Waals surface area (Å²) in [6, 6.07) is 6.25. The minimum absolute atomic E-state index is 0.0237. The van der Waals surface area contributed by atoms with Crippen molar-refractivity contribution in [3.63, 3.8) is 0 Å². The maximum Gasteiger partial charge on any atom is 0.318 e. The van der Waals surface area contributed by atoms with Crippen molar-refractivity contribution in [1.82, 2.24) is 10.2 Å². The number of nitrogens with two attached hydrogens (primary N) is 1. The third-order valence-electron chi connectivity index (χ3n) is 3.72. The highest BCUT2D eigenvalue weighted by Crippen LogP contribution is 2.29. The van der Waals surface area contributed by atoms with Crippen LogP contribution >= 0.6 is 0 Å². The molecule has 1 saturated heterocycles. The quantitative estimate of drug-likeness (QED) is 0.854. The maximum atomic E-state index is 11.8. The lowest BCUT2D eigenvalue weighted by Gasteiger charge is -2.19. The molecule has 2 amide bonds. The Bertz CT molecular complexity index is 490. The Labute approximate surface area is 112 Å². The summed E-state index contributed by atoms with van der Waals surface area (Å²) in [7, 11) is 0. The third kappa shape index (κ3) is 2.38. The highest BCUT2D eigenvalue weighted by Gasteiger charge is 2.29. The van der Waals surface area contributed by atoms with E-state index in [-0.39, 0.29) is 12.1 Å². The smallest absolute Gasteiger partial charge is 0.318 e. The molecule has 1 atom stereocenters. The van der Waals surface area contributed by atoms with Crippen molar-refractivity contribution < 1.29 is 9.53 Å². The van der Waals surface area contributed by atoms with E-state index in [1.807, 2.05) is 12.1 Å². The molecular formula is C14H19N3O2. The molecule has 0 aliphatic carbocycles. The molecule has 2 heterocycles. The summed E-state index contributed by atoms with van der Waals surface area (Å²) >= 11 is 0. The molecular weight excluding hydrogens is 242 g/mol. The van der Waals surface area contributed by atoms with E-state index < -0.39 is 0 Å². The number of benzene rings is 1. The van der Waals surface area contributed by atoms with Gasteiger partial charge in [0.2, 0.25) is 0 Å². The Morgan fingerprint density at radius 3 is 3.21 bits per heavy atom. The monoisotopic (exact) mass is 261 g/mol. The molecule has 102 valence electrons. The topological polar surface area (TPSA) is 67.6 Å². The van der Waals surface area contributed by atoms with Crippen LogP contribution < -0.4 is 15.8 Å². The molecule has 2 aliphatic rings. The minimum atomic E-state index is -0.0237. The van der Waals surface area contributed by atoms with Crippen LogP contribution in [0.25, 0.3) is 0 Å². The Morgan fingerprint density at radius 2 is 2.37 bits per heavy atom. The lowest BCUT2D eigenvalue weighted by molar-refractivity contribution is 0.218. The first-order valence-corrected chi connectivity index (χ1v) is 6.79. The van der Waals surface area contributed by atoms with E-state index in [9.17, 15) is 4.79 Å². The summed E-state index contributed by atoms with van der Waals surface area (Å²) in [6.45, 7) is 2.60. The van der Waals surface area contributed by atoms with Crippen molar-refractivity contribution in [2.24, 2.45) is 5.73 Å². The number of amides is 2. The van der Waals surface area contributed by atoms with Crippen LogP contribution in [-0.4, -0.2) is 37.2 Å². The van der Waals surface area contributed by atoms with Gasteiger partial charge < -0.3 is 20.7 Å². The Balaban J connectivity index is 1.78. The second-order valence-electron chi connectivity index (χ2n) is 5.06. The van der Waals surface area contributed by atoms with Gasteiger partial charge in [-0.2, -0.15) is 0 Å². The summed E-state index contributed by atoms with van der Waals surface area (Å²) in [5.41, 5.74) is 7.90. The highest BCUT2D eigenvalue weighted by atomic mass is 16.5. The fourth-order valence-electron chi connectivity index (χ4n) is 2.72. The first-order chi connectivity index (χ1) is 9.28. The summed E-state index contributed by atoms with van der Waals surface area (Å²) in [6.07, 6.45) is 2.11. The van der Waals surface area contributed by atoms with E-state index in [2.05, 4.69) is 11.4 Å². The SMILES string of the molecule is NCCN1CC(c2ccc3c(c2)CCCO3)NC1=O. The fourth-order valence-corrected chi connectivity index (χ4v) is 2.72. The molecule has 1 aromatic carbocycles. The van der Waals surface area contributed by atoms with Crippen LogP contribution in [0, 0.1) is 0 Å². The number of hydrogen-bond acceptors (Lipinski definition) is 3. The lowest BCUT2D eigenvalue weighted by Crippen LogP contribution is -2.32. The molecule has 0 bridgehead atoms. The molecule has 3 rings (SSSR count). The number of hydrogen-bond donors (Lipinski definition) is 2. The highest BCUT2D eigenvalue weighted by molar-refractivity contribution is 5.77. The molecule has 0 saturated carbocycles. The molecule has 1 aromatic rings. The van der Waals surface area contributed by atoms with Gasteiger partial charge in [-0.25, -0.2) is 4.79 Å². The molecule has 3 N–H and O–H groups in total. The van der Waals surface area contributed by atoms with Gasteiger partial charge in [0, 0.05) is 19.6 Å². The second-order valence-corrected chi connectivity index (χ2v) is 5.06. The predicted molar refractivity (Wildman–Crippen MR) is 72.2 cm³/mol. The molecule has 19 heavy (non-hydrogen) atoms. The number of rotatable bonds is 3. The minimum Gasteiger partial charge on any atom is -0.493 e. The van der Waals surface area contributed by atoms with Gasteiger partial charge in [-0.3, -0.25) is 0 Å². The molecule has 0 spiro atoms. The molecule has 5 heteroatoms. The lowest BCUT2D eigenvalue weighted by atomic mass is 9.99. The van der Waals surface area contributed by atoms with Gasteiger partial charge in [-0.1, -0.05) is 6.07 Å². The second kappa shape index (κ2) is 5.09. The number of carbonyl (C=O) groups excluding carboxylic acids is 1. The average Bonchev–Trinajstić information content (AvgIpc) is 2.80. The Morgan fingerprint density at radius 1 is 1.47 bits per heavy atom. The number of carbonyl (C=O) groups is 1. The first kappa shape index (κ1) is 12.3. The molecule has 2 aliphatic heterocycles. The normalized spacial score (nSPS) is 21.8. The molecule has 1 fully saturated rings. The van der Waals surface area contributed by atoms with Crippen molar-refractivity contribution >= 4 is 6.03 Å². The number of urea groups is 1. The van der Waals surface area contributed by atoms with Gasteiger partial charge in [-0.15, -0.1) is 0 Å². The summed E-state index contributed by atoms with van der Waals surface area (Å²) in [5.74, 6) is 0.984. The van der Waals surface area contributed by atoms with Gasteiger partial charge in [0.1, 0.15) is 5.75 Å². The average molecular weight is 261 g/mol. The van der Waals surface area contributed by atoms with Gasteiger partial charge in [0.25, 0.3) is 0 Å². The van der Waals surface area contributed by atoms with Crippen LogP contribution in [0.3, 0.4) is 0 Å². The van der Waals surface area contributed by atoms with Crippen molar-refractivity contribution in [3.8, 4) is 5.75 Å². The maximum absolute atomic E-state index is 11.8. The van der Waals surface area contributed by atoms with Gasteiger partial charge in [0.05, 0.1) is 12.6 Å². The summed E-state index contributed by atoms with van der Waals surface area (Å²) in [5, 5.41) is 3.00. The van der Waals surface area contributed by atoms with Crippen LogP contribution in [0.15, 0.2) is 18.2 Å². The number of nitrogens with one attached hydrogen (secondary N) is 1. The van der Waals surface area contributed by atoms with Crippen molar-refractivity contribution in [2.75, 3.05) is 26.2 Å². The van der Waals surface area contributed by atoms with Crippen molar-refractivity contribution in [3.05, 3.63) is 29.3 Å². The third-order valence-corrected chi connectivity index (χ3v) is 3.72. The van der Waals surface area contributed by atoms with E-state index in [1.165, 1.54) is 5.56 Å². The van der Waals surface area contributed by atoms with Gasteiger partial charge in [0.15, 0.2) is 0 Å². The standard InChI is InChI=1S/C14H19N3O2/c15-5-6-17-9-12(16-14(17)18)10-3-4-13-11(8-10)2-1-7-19-13/h3-4,8,12H,1-2,5-7,9,15H2,(H,16,18). The van der Waals surface area contributed by atoms with E-state index in [0.717, 1.165) is 30.8 Å². The number of ether oxygens (including phenoxy) is 1. The number of fused-ring (bicyclic) bond motifs is 1. The zero-order chi connectivity index (χ0) is 13.2. The zero-order valence-corrected chi connectivity index (χ0v) is 10.9. The van der Waals surface area contributed by atoms with Crippen molar-refractivity contribution in [2.45, 2.75) is 18.9 Å². The van der Waals surface area contributed by atoms with Gasteiger partial charge in [-0.05, 0) is 36.1 Å². The van der Waals surface area contributed by atoms with E-state index in [0.29, 0.717) is 19.6 Å². The first-order valence-electron chi connectivity index (χ1n) is 6.79. The zero-order valence-electron chi connectivity index (χ0n) is 10.9. The van der Waals surface area contributed by atoms with Crippen LogP contribution in [-0.2, 0) is 6.42 Å². The molecule has 5 nitrogen and oxygen atoms in total. The Kier molecular flexibility index (Phi) is 3.29. The summed E-state index contributed by atoms with van der Waals surface area (Å²) < 4.78 is 5.61. The number of aryl methyl sites for hydroxylation is 1. The van der Waals surface area contributed by atoms with Gasteiger partial charge >= 0.3 is 6.03 Å². The van der Waals surface area contributed by atoms with Crippen LogP contribution in [0.2, 0.25) is 0 Å². The van der Waals surface area contributed by atoms with Crippen molar-refractivity contribution in [1.29, 1.82) is 0 Å². The predicted octanol–water partition coefficient (Wildman–Crippen LogP) is 1.04. The fraction of sp³-hybridized carbons (Fsp3) is 0.500. The number of nitrogens with zero attached hydrogens (tertiary/aromatic N) is 1. The summed E-state index contributed by atoms with van der Waals surface area (Å²) in [4.78, 5) is 13.5. The van der Waals surface area contributed by atoms with Crippen LogP contribution in [0.5, 0.6) is 5.75 Å². The van der Waals surface area contributed by atoms with E-state index in [1.54, 1.807) is 4.90 Å². The molecule has 0 radical (unpaired) electrons. The Hall–Kier alpha value is -1.75. The molecule has 0 aromatic heterocycles. The molecule has 1 unspecified atom stereocenters. The largest absolute Gasteiger partial charge is 0.493 e. The van der Waals surface area contributed by atoms with Crippen LogP contribution in [0.1, 0.15) is 23.6 Å². The van der Waals surface area contributed by atoms with E-state index in [4.69, 9.17) is 10.5 Å².